The molecule has 82 valence electrons. The summed E-state index contributed by atoms with van der Waals surface area (Å²) in [6.45, 7) is 2.15. The lowest BCUT2D eigenvalue weighted by Gasteiger charge is -2.30. The van der Waals surface area contributed by atoms with E-state index in [2.05, 4.69) is 37.3 Å². The topological polar surface area (TPSA) is 26.0 Å². The lowest BCUT2D eigenvalue weighted by Crippen LogP contribution is -2.29. The molecular weight excluding hydrogens is 182 g/mol. The van der Waals surface area contributed by atoms with E-state index in [0.717, 1.165) is 11.8 Å². The van der Waals surface area contributed by atoms with Gasteiger partial charge in [-0.2, -0.15) is 0 Å². The number of hydrogen-bond acceptors (Lipinski definition) is 1. The van der Waals surface area contributed by atoms with Gasteiger partial charge in [-0.25, -0.2) is 0 Å². The van der Waals surface area contributed by atoms with Crippen LogP contribution in [0, 0.1) is 5.92 Å². The summed E-state index contributed by atoms with van der Waals surface area (Å²) in [6, 6.07) is 11.3. The zero-order valence-corrected chi connectivity index (χ0v) is 9.52. The molecule has 1 nitrogen and oxygen atoms in total. The first-order chi connectivity index (χ1) is 7.27. The predicted octanol–water partition coefficient (Wildman–Crippen LogP) is 3.31. The van der Waals surface area contributed by atoms with Crippen LogP contribution in [0.25, 0.3) is 0 Å². The number of rotatable bonds is 2. The van der Waals surface area contributed by atoms with Crippen molar-refractivity contribution in [3.63, 3.8) is 0 Å². The highest BCUT2D eigenvalue weighted by Gasteiger charge is 2.23. The minimum Gasteiger partial charge on any atom is -0.328 e. The summed E-state index contributed by atoms with van der Waals surface area (Å²) in [4.78, 5) is 0. The highest BCUT2D eigenvalue weighted by atomic mass is 14.6. The number of nitrogens with two attached hydrogens (primary N) is 1. The monoisotopic (exact) mass is 203 g/mol. The van der Waals surface area contributed by atoms with Gasteiger partial charge in [-0.15, -0.1) is 0 Å². The van der Waals surface area contributed by atoms with Crippen LogP contribution < -0.4 is 5.73 Å². The molecule has 1 saturated carbocycles. The van der Waals surface area contributed by atoms with Crippen molar-refractivity contribution in [2.45, 2.75) is 44.6 Å². The molecule has 0 amide bonds. The third-order valence-electron chi connectivity index (χ3n) is 3.79. The van der Waals surface area contributed by atoms with Gasteiger partial charge in [0.1, 0.15) is 0 Å². The molecule has 1 aromatic rings. The van der Waals surface area contributed by atoms with E-state index >= 15 is 0 Å². The first kappa shape index (κ1) is 10.7. The van der Waals surface area contributed by atoms with Crippen molar-refractivity contribution in [1.82, 2.24) is 0 Å². The zero-order valence-electron chi connectivity index (χ0n) is 9.52. The Balaban J connectivity index is 1.94. The van der Waals surface area contributed by atoms with Crippen LogP contribution in [-0.2, 0) is 0 Å². The summed E-state index contributed by atoms with van der Waals surface area (Å²) in [6.07, 6.45) is 5.24. The van der Waals surface area contributed by atoms with Crippen LogP contribution in [0.3, 0.4) is 0 Å². The quantitative estimate of drug-likeness (QED) is 0.784. The summed E-state index contributed by atoms with van der Waals surface area (Å²) >= 11 is 0. The third-order valence-corrected chi connectivity index (χ3v) is 3.79. The maximum absolute atomic E-state index is 5.95. The average Bonchev–Trinajstić information content (AvgIpc) is 2.30. The fourth-order valence-corrected chi connectivity index (χ4v) is 2.70. The SMILES string of the molecule is C[C@@H](N)C1CCC(c2ccccc2)CC1. The molecule has 1 aromatic carbocycles. The van der Waals surface area contributed by atoms with Gasteiger partial charge in [0.05, 0.1) is 0 Å². The normalized spacial score (nSPS) is 28.7. The van der Waals surface area contributed by atoms with Gasteiger partial charge >= 0.3 is 0 Å². The van der Waals surface area contributed by atoms with Crippen LogP contribution in [0.15, 0.2) is 30.3 Å². The van der Waals surface area contributed by atoms with E-state index in [0.29, 0.717) is 6.04 Å². The molecule has 1 fully saturated rings. The molecule has 1 aliphatic carbocycles. The van der Waals surface area contributed by atoms with Gasteiger partial charge in [0.15, 0.2) is 0 Å². The maximum Gasteiger partial charge on any atom is 0.00387 e. The third kappa shape index (κ3) is 2.60. The number of benzene rings is 1. The standard InChI is InChI=1S/C14H21N/c1-11(15)12-7-9-14(10-8-12)13-5-3-2-4-6-13/h2-6,11-12,14H,7-10,15H2,1H3/t11-,12?,14?/m1/s1. The van der Waals surface area contributed by atoms with Crippen LogP contribution in [0.1, 0.15) is 44.1 Å². The summed E-state index contributed by atoms with van der Waals surface area (Å²) in [7, 11) is 0. The largest absolute Gasteiger partial charge is 0.328 e. The van der Waals surface area contributed by atoms with Gasteiger partial charge in [-0.1, -0.05) is 30.3 Å². The van der Waals surface area contributed by atoms with E-state index in [1.165, 1.54) is 31.2 Å². The molecule has 15 heavy (non-hydrogen) atoms. The van der Waals surface area contributed by atoms with Gasteiger partial charge in [-0.3, -0.25) is 0 Å². The van der Waals surface area contributed by atoms with Gasteiger partial charge in [-0.05, 0) is 50.0 Å². The summed E-state index contributed by atoms with van der Waals surface area (Å²) in [5.41, 5.74) is 7.47. The van der Waals surface area contributed by atoms with Crippen LogP contribution in [0.2, 0.25) is 0 Å². The molecular formula is C14H21N. The van der Waals surface area contributed by atoms with Crippen LogP contribution in [0.4, 0.5) is 0 Å². The Bertz CT molecular complexity index is 283. The highest BCUT2D eigenvalue weighted by Crippen LogP contribution is 2.36. The fraction of sp³-hybridized carbons (Fsp3) is 0.571. The highest BCUT2D eigenvalue weighted by molar-refractivity contribution is 5.19. The van der Waals surface area contributed by atoms with E-state index in [1.807, 2.05) is 0 Å². The van der Waals surface area contributed by atoms with Crippen molar-refractivity contribution in [3.05, 3.63) is 35.9 Å². The van der Waals surface area contributed by atoms with Crippen molar-refractivity contribution >= 4 is 0 Å². The second-order valence-electron chi connectivity index (χ2n) is 4.88. The Morgan fingerprint density at radius 3 is 2.20 bits per heavy atom. The molecule has 1 aliphatic rings. The van der Waals surface area contributed by atoms with Crippen molar-refractivity contribution in [2.75, 3.05) is 0 Å². The molecule has 0 saturated heterocycles. The maximum atomic E-state index is 5.95. The molecule has 0 radical (unpaired) electrons. The molecule has 0 aromatic heterocycles. The average molecular weight is 203 g/mol. The Morgan fingerprint density at radius 2 is 1.67 bits per heavy atom. The minimum absolute atomic E-state index is 0.377. The lowest BCUT2D eigenvalue weighted by molar-refractivity contribution is 0.291. The van der Waals surface area contributed by atoms with Gasteiger partial charge in [0.2, 0.25) is 0 Å². The van der Waals surface area contributed by atoms with Crippen LogP contribution >= 0.6 is 0 Å². The van der Waals surface area contributed by atoms with Crippen molar-refractivity contribution < 1.29 is 0 Å². The van der Waals surface area contributed by atoms with Crippen molar-refractivity contribution in [3.8, 4) is 0 Å². The molecule has 0 aliphatic heterocycles. The number of hydrogen-bond donors (Lipinski definition) is 1. The van der Waals surface area contributed by atoms with Crippen LogP contribution in [0.5, 0.6) is 0 Å². The predicted molar refractivity (Wildman–Crippen MR) is 64.8 cm³/mol. The fourth-order valence-electron chi connectivity index (χ4n) is 2.70. The first-order valence-electron chi connectivity index (χ1n) is 6.08. The van der Waals surface area contributed by atoms with Gasteiger partial charge in [0, 0.05) is 6.04 Å². The Kier molecular flexibility index (Phi) is 3.42. The van der Waals surface area contributed by atoms with E-state index < -0.39 is 0 Å². The Labute approximate surface area is 92.7 Å². The molecule has 2 rings (SSSR count). The molecule has 0 bridgehead atoms. The summed E-state index contributed by atoms with van der Waals surface area (Å²) < 4.78 is 0. The van der Waals surface area contributed by atoms with Crippen molar-refractivity contribution in [2.24, 2.45) is 11.7 Å². The molecule has 0 heterocycles. The van der Waals surface area contributed by atoms with Crippen LogP contribution in [-0.4, -0.2) is 6.04 Å². The van der Waals surface area contributed by atoms with E-state index in [-0.39, 0.29) is 0 Å². The zero-order chi connectivity index (χ0) is 10.7. The molecule has 1 atom stereocenters. The lowest BCUT2D eigenvalue weighted by atomic mass is 9.76. The summed E-state index contributed by atoms with van der Waals surface area (Å²) in [5.74, 6) is 1.53. The second kappa shape index (κ2) is 4.80. The first-order valence-corrected chi connectivity index (χ1v) is 6.08. The second-order valence-corrected chi connectivity index (χ2v) is 4.88. The molecule has 0 spiro atoms. The van der Waals surface area contributed by atoms with E-state index in [9.17, 15) is 0 Å². The van der Waals surface area contributed by atoms with Crippen molar-refractivity contribution in [1.29, 1.82) is 0 Å². The van der Waals surface area contributed by atoms with Gasteiger partial charge < -0.3 is 5.73 Å². The van der Waals surface area contributed by atoms with E-state index in [1.54, 1.807) is 0 Å². The minimum atomic E-state index is 0.377. The Hall–Kier alpha value is -0.820. The summed E-state index contributed by atoms with van der Waals surface area (Å²) in [5, 5.41) is 0. The molecule has 2 N–H and O–H groups in total. The molecule has 1 heteroatoms. The smallest absolute Gasteiger partial charge is 0.00387 e. The van der Waals surface area contributed by atoms with E-state index in [4.69, 9.17) is 5.73 Å². The molecule has 0 unspecified atom stereocenters. The van der Waals surface area contributed by atoms with Gasteiger partial charge in [0.25, 0.3) is 0 Å². The Morgan fingerprint density at radius 1 is 1.07 bits per heavy atom.